The molecule has 4 rings (SSSR count). The third-order valence-electron chi connectivity index (χ3n) is 6.36. The fourth-order valence-corrected chi connectivity index (χ4v) is 4.27. The first kappa shape index (κ1) is 26.0. The Kier molecular flexibility index (Phi) is 8.29. The van der Waals surface area contributed by atoms with Crippen molar-refractivity contribution in [3.8, 4) is 11.5 Å². The van der Waals surface area contributed by atoms with Crippen molar-refractivity contribution in [3.05, 3.63) is 94.6 Å². The van der Waals surface area contributed by atoms with Crippen molar-refractivity contribution in [3.63, 3.8) is 0 Å². The summed E-state index contributed by atoms with van der Waals surface area (Å²) in [6.07, 6.45) is 4.66. The van der Waals surface area contributed by atoms with Crippen molar-refractivity contribution in [1.82, 2.24) is 15.6 Å². The van der Waals surface area contributed by atoms with Gasteiger partial charge in [-0.2, -0.15) is 0 Å². The molecule has 0 bridgehead atoms. The number of aliphatic imine (C=N–C) groups is 1. The Bertz CT molecular complexity index is 1410. The van der Waals surface area contributed by atoms with Gasteiger partial charge in [-0.1, -0.05) is 30.7 Å². The van der Waals surface area contributed by atoms with Crippen molar-refractivity contribution < 1.29 is 9.47 Å². The first-order chi connectivity index (χ1) is 17.9. The molecule has 2 N–H and O–H groups in total. The van der Waals surface area contributed by atoms with Crippen LogP contribution in [-0.2, 0) is 0 Å². The average molecular weight is 497 g/mol. The largest absolute Gasteiger partial charge is 0.490 e. The third kappa shape index (κ3) is 6.20. The lowest BCUT2D eigenvalue weighted by Gasteiger charge is -2.17. The quantitative estimate of drug-likeness (QED) is 0.329. The molecular formula is C31H36N4O2. The SMILES string of the molecule is CC/C(C)=C(\NC)NC1=NC=C(c2ccc3ncc(OCCOc4cccc(C)c4)cc3c2)C1=C(C)C. The van der Waals surface area contributed by atoms with Gasteiger partial charge in [0.25, 0.3) is 0 Å². The average Bonchev–Trinajstić information content (AvgIpc) is 3.33. The maximum absolute atomic E-state index is 5.94. The molecule has 0 unspecified atom stereocenters. The number of aryl methyl sites for hydroxylation is 1. The third-order valence-corrected chi connectivity index (χ3v) is 6.36. The minimum atomic E-state index is 0.440. The minimum Gasteiger partial charge on any atom is -0.490 e. The molecule has 192 valence electrons. The fraction of sp³-hybridized carbons (Fsp3) is 0.290. The van der Waals surface area contributed by atoms with E-state index in [1.165, 1.54) is 16.7 Å². The molecule has 0 amide bonds. The number of aromatic nitrogens is 1. The standard InChI is InChI=1S/C31H36N4O2/c1-7-22(5)30(32-6)35-31-29(20(2)3)27(19-34-31)23-11-12-28-24(16-23)17-26(18-33-28)37-14-13-36-25-10-8-9-21(4)15-25/h8-12,15-19,32H,7,13-14H2,1-6H3,(H,34,35)/b30-22+. The summed E-state index contributed by atoms with van der Waals surface area (Å²) < 4.78 is 11.7. The number of ether oxygens (including phenoxy) is 2. The van der Waals surface area contributed by atoms with E-state index in [1.54, 1.807) is 6.20 Å². The molecule has 2 heterocycles. The summed E-state index contributed by atoms with van der Waals surface area (Å²) in [7, 11) is 1.93. The Labute approximate surface area is 219 Å². The normalized spacial score (nSPS) is 13.6. The van der Waals surface area contributed by atoms with Crippen LogP contribution in [-0.4, -0.2) is 31.1 Å². The molecule has 2 aromatic carbocycles. The Morgan fingerprint density at radius 2 is 1.73 bits per heavy atom. The second kappa shape index (κ2) is 11.8. The van der Waals surface area contributed by atoms with Crippen LogP contribution in [0, 0.1) is 6.92 Å². The second-order valence-electron chi connectivity index (χ2n) is 9.37. The van der Waals surface area contributed by atoms with Gasteiger partial charge >= 0.3 is 0 Å². The van der Waals surface area contributed by atoms with Crippen LogP contribution in [0.5, 0.6) is 11.5 Å². The van der Waals surface area contributed by atoms with Gasteiger partial charge in [0.2, 0.25) is 0 Å². The summed E-state index contributed by atoms with van der Waals surface area (Å²) in [5.41, 5.74) is 7.83. The van der Waals surface area contributed by atoms with Crippen LogP contribution in [0.3, 0.4) is 0 Å². The van der Waals surface area contributed by atoms with Gasteiger partial charge in [0.1, 0.15) is 36.4 Å². The van der Waals surface area contributed by atoms with Crippen LogP contribution in [0.2, 0.25) is 0 Å². The summed E-state index contributed by atoms with van der Waals surface area (Å²) in [6, 6.07) is 16.3. The molecular weight excluding hydrogens is 460 g/mol. The van der Waals surface area contributed by atoms with Crippen LogP contribution < -0.4 is 20.1 Å². The highest BCUT2D eigenvalue weighted by molar-refractivity contribution is 6.16. The number of fused-ring (bicyclic) bond motifs is 1. The maximum atomic E-state index is 5.94. The zero-order valence-corrected chi connectivity index (χ0v) is 22.6. The van der Waals surface area contributed by atoms with E-state index in [1.807, 2.05) is 56.6 Å². The number of nitrogens with one attached hydrogen (secondary N) is 2. The van der Waals surface area contributed by atoms with E-state index >= 15 is 0 Å². The Balaban J connectivity index is 1.48. The monoisotopic (exact) mass is 496 g/mol. The molecule has 0 fully saturated rings. The van der Waals surface area contributed by atoms with Gasteiger partial charge in [0.05, 0.1) is 11.7 Å². The lowest BCUT2D eigenvalue weighted by atomic mass is 9.95. The zero-order chi connectivity index (χ0) is 26.4. The Morgan fingerprint density at radius 3 is 2.43 bits per heavy atom. The zero-order valence-electron chi connectivity index (χ0n) is 22.6. The van der Waals surface area contributed by atoms with Gasteiger partial charge in [-0.25, -0.2) is 4.99 Å². The number of benzene rings is 2. The van der Waals surface area contributed by atoms with Crippen molar-refractivity contribution in [2.45, 2.75) is 41.0 Å². The minimum absolute atomic E-state index is 0.440. The number of allylic oxidation sites excluding steroid dienone is 2. The van der Waals surface area contributed by atoms with Crippen LogP contribution in [0.4, 0.5) is 0 Å². The fourth-order valence-electron chi connectivity index (χ4n) is 4.27. The smallest absolute Gasteiger partial charge is 0.139 e. The number of hydrogen-bond donors (Lipinski definition) is 2. The lowest BCUT2D eigenvalue weighted by Crippen LogP contribution is -2.31. The number of pyridine rings is 1. The number of amidine groups is 1. The summed E-state index contributed by atoms with van der Waals surface area (Å²) in [6.45, 7) is 11.5. The second-order valence-corrected chi connectivity index (χ2v) is 9.37. The topological polar surface area (TPSA) is 67.8 Å². The number of hydrogen-bond acceptors (Lipinski definition) is 6. The summed E-state index contributed by atoms with van der Waals surface area (Å²) in [5, 5.41) is 7.79. The summed E-state index contributed by atoms with van der Waals surface area (Å²) in [4.78, 5) is 9.33. The Morgan fingerprint density at radius 1 is 0.946 bits per heavy atom. The lowest BCUT2D eigenvalue weighted by molar-refractivity contribution is 0.217. The van der Waals surface area contributed by atoms with Gasteiger partial charge < -0.3 is 20.1 Å². The van der Waals surface area contributed by atoms with E-state index in [-0.39, 0.29) is 0 Å². The summed E-state index contributed by atoms with van der Waals surface area (Å²) in [5.74, 6) is 3.42. The molecule has 1 aromatic heterocycles. The van der Waals surface area contributed by atoms with Crippen LogP contribution in [0.25, 0.3) is 16.5 Å². The molecule has 0 atom stereocenters. The number of nitrogens with zero attached hydrogens (tertiary/aromatic N) is 2. The predicted molar refractivity (Wildman–Crippen MR) is 153 cm³/mol. The highest BCUT2D eigenvalue weighted by atomic mass is 16.5. The van der Waals surface area contributed by atoms with E-state index in [2.05, 4.69) is 55.4 Å². The van der Waals surface area contributed by atoms with Gasteiger partial charge in [-0.3, -0.25) is 4.98 Å². The van der Waals surface area contributed by atoms with E-state index in [0.29, 0.717) is 13.2 Å². The van der Waals surface area contributed by atoms with Crippen LogP contribution in [0.1, 0.15) is 45.2 Å². The molecule has 0 spiro atoms. The van der Waals surface area contributed by atoms with Crippen LogP contribution in [0.15, 0.2) is 88.5 Å². The van der Waals surface area contributed by atoms with Crippen molar-refractivity contribution in [2.24, 2.45) is 4.99 Å². The van der Waals surface area contributed by atoms with E-state index in [0.717, 1.165) is 57.2 Å². The molecule has 0 radical (unpaired) electrons. The number of rotatable bonds is 9. The molecule has 0 saturated heterocycles. The first-order valence-electron chi connectivity index (χ1n) is 12.7. The molecule has 3 aromatic rings. The molecule has 1 aliphatic rings. The molecule has 0 saturated carbocycles. The molecule has 0 aliphatic carbocycles. The molecule has 6 heteroatoms. The van der Waals surface area contributed by atoms with Gasteiger partial charge in [0, 0.05) is 29.8 Å². The highest BCUT2D eigenvalue weighted by Gasteiger charge is 2.22. The van der Waals surface area contributed by atoms with Crippen LogP contribution >= 0.6 is 0 Å². The predicted octanol–water partition coefficient (Wildman–Crippen LogP) is 6.54. The van der Waals surface area contributed by atoms with E-state index in [9.17, 15) is 0 Å². The van der Waals surface area contributed by atoms with E-state index in [4.69, 9.17) is 14.5 Å². The van der Waals surface area contributed by atoms with Gasteiger partial charge in [-0.15, -0.1) is 0 Å². The van der Waals surface area contributed by atoms with Crippen molar-refractivity contribution >= 4 is 22.3 Å². The highest BCUT2D eigenvalue weighted by Crippen LogP contribution is 2.33. The van der Waals surface area contributed by atoms with E-state index < -0.39 is 0 Å². The molecule has 6 nitrogen and oxygen atoms in total. The summed E-state index contributed by atoms with van der Waals surface area (Å²) >= 11 is 0. The van der Waals surface area contributed by atoms with Crippen molar-refractivity contribution in [1.29, 1.82) is 0 Å². The molecule has 37 heavy (non-hydrogen) atoms. The van der Waals surface area contributed by atoms with Gasteiger partial charge in [0.15, 0.2) is 0 Å². The van der Waals surface area contributed by atoms with Crippen molar-refractivity contribution in [2.75, 3.05) is 20.3 Å². The molecule has 1 aliphatic heterocycles. The first-order valence-corrected chi connectivity index (χ1v) is 12.7. The Hall–Kier alpha value is -4.06. The van der Waals surface area contributed by atoms with Gasteiger partial charge in [-0.05, 0) is 81.1 Å². The maximum Gasteiger partial charge on any atom is 0.139 e.